The van der Waals surface area contributed by atoms with Gasteiger partial charge in [0.15, 0.2) is 0 Å². The SMILES string of the molecule is C#Cc1cc(F)cc(OC(C)C)c1. The molecule has 0 aliphatic rings. The highest BCUT2D eigenvalue weighted by molar-refractivity contribution is 5.39. The number of rotatable bonds is 2. The van der Waals surface area contributed by atoms with Gasteiger partial charge in [-0.05, 0) is 26.0 Å². The summed E-state index contributed by atoms with van der Waals surface area (Å²) in [7, 11) is 0. The summed E-state index contributed by atoms with van der Waals surface area (Å²) < 4.78 is 18.2. The lowest BCUT2D eigenvalue weighted by Gasteiger charge is -2.09. The van der Waals surface area contributed by atoms with Crippen molar-refractivity contribution in [3.63, 3.8) is 0 Å². The molecule has 0 heterocycles. The molecule has 68 valence electrons. The fraction of sp³-hybridized carbons (Fsp3) is 0.273. The smallest absolute Gasteiger partial charge is 0.128 e. The summed E-state index contributed by atoms with van der Waals surface area (Å²) in [6.45, 7) is 3.75. The van der Waals surface area contributed by atoms with Crippen LogP contribution in [0.5, 0.6) is 5.75 Å². The van der Waals surface area contributed by atoms with Crippen molar-refractivity contribution in [3.05, 3.63) is 29.6 Å². The number of benzene rings is 1. The second-order valence-electron chi connectivity index (χ2n) is 2.99. The second kappa shape index (κ2) is 3.95. The largest absolute Gasteiger partial charge is 0.491 e. The van der Waals surface area contributed by atoms with Crippen LogP contribution in [0.15, 0.2) is 18.2 Å². The van der Waals surface area contributed by atoms with Crippen molar-refractivity contribution < 1.29 is 9.13 Å². The zero-order chi connectivity index (χ0) is 9.84. The van der Waals surface area contributed by atoms with Gasteiger partial charge in [-0.3, -0.25) is 0 Å². The van der Waals surface area contributed by atoms with Crippen molar-refractivity contribution >= 4 is 0 Å². The Morgan fingerprint density at radius 2 is 2.08 bits per heavy atom. The molecule has 2 heteroatoms. The molecule has 0 aliphatic heterocycles. The minimum atomic E-state index is -0.369. The summed E-state index contributed by atoms with van der Waals surface area (Å²) in [5.41, 5.74) is 0.496. The van der Waals surface area contributed by atoms with Crippen molar-refractivity contribution in [2.24, 2.45) is 0 Å². The maximum atomic E-state index is 12.9. The molecule has 0 unspecified atom stereocenters. The van der Waals surface area contributed by atoms with Gasteiger partial charge >= 0.3 is 0 Å². The number of hydrogen-bond acceptors (Lipinski definition) is 1. The van der Waals surface area contributed by atoms with Crippen molar-refractivity contribution in [2.45, 2.75) is 20.0 Å². The number of ether oxygens (including phenoxy) is 1. The summed E-state index contributed by atoms with van der Waals surface area (Å²) in [5.74, 6) is 2.47. The van der Waals surface area contributed by atoms with E-state index in [0.717, 1.165) is 0 Å². The highest BCUT2D eigenvalue weighted by atomic mass is 19.1. The van der Waals surface area contributed by atoms with Crippen LogP contribution < -0.4 is 4.74 Å². The third-order valence-corrected chi connectivity index (χ3v) is 1.41. The average Bonchev–Trinajstić information content (AvgIpc) is 2.01. The Labute approximate surface area is 77.5 Å². The Hall–Kier alpha value is -1.49. The molecule has 0 spiro atoms. The molecular weight excluding hydrogens is 167 g/mol. The van der Waals surface area contributed by atoms with Crippen LogP contribution in [0.2, 0.25) is 0 Å². The van der Waals surface area contributed by atoms with E-state index in [1.807, 2.05) is 13.8 Å². The Morgan fingerprint density at radius 3 is 2.62 bits per heavy atom. The highest BCUT2D eigenvalue weighted by Crippen LogP contribution is 2.16. The highest BCUT2D eigenvalue weighted by Gasteiger charge is 2.01. The van der Waals surface area contributed by atoms with Gasteiger partial charge in [0.2, 0.25) is 0 Å². The van der Waals surface area contributed by atoms with Gasteiger partial charge in [0, 0.05) is 11.6 Å². The van der Waals surface area contributed by atoms with E-state index >= 15 is 0 Å². The predicted molar refractivity (Wildman–Crippen MR) is 50.1 cm³/mol. The van der Waals surface area contributed by atoms with E-state index in [4.69, 9.17) is 11.2 Å². The molecule has 0 bridgehead atoms. The summed E-state index contributed by atoms with van der Waals surface area (Å²) in [4.78, 5) is 0. The molecule has 0 radical (unpaired) electrons. The second-order valence-corrected chi connectivity index (χ2v) is 2.99. The molecule has 0 saturated heterocycles. The lowest BCUT2D eigenvalue weighted by atomic mass is 10.2. The molecule has 0 fully saturated rings. The van der Waals surface area contributed by atoms with Crippen LogP contribution in [0.25, 0.3) is 0 Å². The predicted octanol–water partition coefficient (Wildman–Crippen LogP) is 2.59. The number of halogens is 1. The van der Waals surface area contributed by atoms with E-state index in [0.29, 0.717) is 11.3 Å². The lowest BCUT2D eigenvalue weighted by molar-refractivity contribution is 0.241. The molecule has 0 aromatic heterocycles. The molecule has 1 aromatic rings. The van der Waals surface area contributed by atoms with Crippen LogP contribution >= 0.6 is 0 Å². The van der Waals surface area contributed by atoms with E-state index in [1.54, 1.807) is 6.07 Å². The lowest BCUT2D eigenvalue weighted by Crippen LogP contribution is -2.05. The zero-order valence-electron chi connectivity index (χ0n) is 7.67. The Kier molecular flexibility index (Phi) is 2.92. The molecule has 1 aromatic carbocycles. The van der Waals surface area contributed by atoms with Crippen molar-refractivity contribution in [3.8, 4) is 18.1 Å². The van der Waals surface area contributed by atoms with Gasteiger partial charge < -0.3 is 4.74 Å². The normalized spacial score (nSPS) is 9.77. The first-order valence-corrected chi connectivity index (χ1v) is 4.05. The maximum Gasteiger partial charge on any atom is 0.128 e. The summed E-state index contributed by atoms with van der Waals surface area (Å²) >= 11 is 0. The fourth-order valence-corrected chi connectivity index (χ4v) is 0.986. The molecule has 0 aliphatic carbocycles. The quantitative estimate of drug-likeness (QED) is 0.632. The van der Waals surface area contributed by atoms with Gasteiger partial charge in [-0.25, -0.2) is 4.39 Å². The summed E-state index contributed by atoms with van der Waals surface area (Å²) in [6.07, 6.45) is 5.17. The Balaban J connectivity index is 2.96. The molecular formula is C11H11FO. The number of terminal acetylenes is 1. The topological polar surface area (TPSA) is 9.23 Å². The van der Waals surface area contributed by atoms with Crippen molar-refractivity contribution in [1.82, 2.24) is 0 Å². The third-order valence-electron chi connectivity index (χ3n) is 1.41. The van der Waals surface area contributed by atoms with Gasteiger partial charge in [0.1, 0.15) is 11.6 Å². The van der Waals surface area contributed by atoms with Crippen LogP contribution in [0.1, 0.15) is 19.4 Å². The van der Waals surface area contributed by atoms with Crippen LogP contribution in [0, 0.1) is 18.2 Å². The van der Waals surface area contributed by atoms with Crippen LogP contribution in [-0.2, 0) is 0 Å². The maximum absolute atomic E-state index is 12.9. The van der Waals surface area contributed by atoms with E-state index in [-0.39, 0.29) is 11.9 Å². The first-order valence-electron chi connectivity index (χ1n) is 4.05. The zero-order valence-corrected chi connectivity index (χ0v) is 7.67. The van der Waals surface area contributed by atoms with E-state index < -0.39 is 0 Å². The number of hydrogen-bond donors (Lipinski definition) is 0. The first-order chi connectivity index (χ1) is 6.11. The van der Waals surface area contributed by atoms with Gasteiger partial charge in [0.25, 0.3) is 0 Å². The van der Waals surface area contributed by atoms with Gasteiger partial charge in [0.05, 0.1) is 6.10 Å². The molecule has 13 heavy (non-hydrogen) atoms. The van der Waals surface area contributed by atoms with Crippen LogP contribution in [-0.4, -0.2) is 6.10 Å². The Bertz CT molecular complexity index is 336. The monoisotopic (exact) mass is 178 g/mol. The van der Waals surface area contributed by atoms with E-state index in [1.165, 1.54) is 12.1 Å². The van der Waals surface area contributed by atoms with E-state index in [2.05, 4.69) is 5.92 Å². The molecule has 0 amide bonds. The van der Waals surface area contributed by atoms with Gasteiger partial charge in [-0.2, -0.15) is 0 Å². The molecule has 0 N–H and O–H groups in total. The third kappa shape index (κ3) is 2.79. The summed E-state index contributed by atoms with van der Waals surface area (Å²) in [6, 6.07) is 4.26. The van der Waals surface area contributed by atoms with Crippen molar-refractivity contribution in [2.75, 3.05) is 0 Å². The minimum Gasteiger partial charge on any atom is -0.491 e. The molecule has 0 atom stereocenters. The Morgan fingerprint density at radius 1 is 1.38 bits per heavy atom. The van der Waals surface area contributed by atoms with Crippen LogP contribution in [0.3, 0.4) is 0 Å². The van der Waals surface area contributed by atoms with Crippen LogP contribution in [0.4, 0.5) is 4.39 Å². The average molecular weight is 178 g/mol. The minimum absolute atomic E-state index is 0.0208. The standard InChI is InChI=1S/C11H11FO/c1-4-9-5-10(12)7-11(6-9)13-8(2)3/h1,5-8H,2-3H3. The van der Waals surface area contributed by atoms with Gasteiger partial charge in [-0.1, -0.05) is 5.92 Å². The fourth-order valence-electron chi connectivity index (χ4n) is 0.986. The molecule has 1 nitrogen and oxygen atoms in total. The van der Waals surface area contributed by atoms with E-state index in [9.17, 15) is 4.39 Å². The first kappa shape index (κ1) is 9.60. The van der Waals surface area contributed by atoms with Gasteiger partial charge in [-0.15, -0.1) is 6.42 Å². The molecule has 0 saturated carbocycles. The van der Waals surface area contributed by atoms with Crippen molar-refractivity contribution in [1.29, 1.82) is 0 Å². The summed E-state index contributed by atoms with van der Waals surface area (Å²) in [5, 5.41) is 0. The molecule has 1 rings (SSSR count).